The smallest absolute Gasteiger partial charge is 0.254 e. The van der Waals surface area contributed by atoms with E-state index in [1.54, 1.807) is 40.3 Å². The first-order valence-corrected chi connectivity index (χ1v) is 10.6. The van der Waals surface area contributed by atoms with Crippen molar-refractivity contribution >= 4 is 11.8 Å². The molecular formula is C25H26N2O5. The van der Waals surface area contributed by atoms with Gasteiger partial charge in [0.25, 0.3) is 5.91 Å². The van der Waals surface area contributed by atoms with Crippen molar-refractivity contribution in [1.29, 1.82) is 0 Å². The third-order valence-electron chi connectivity index (χ3n) is 5.31. The lowest BCUT2D eigenvalue weighted by atomic mass is 10.1. The van der Waals surface area contributed by atoms with E-state index in [0.29, 0.717) is 35.9 Å². The van der Waals surface area contributed by atoms with Crippen molar-refractivity contribution in [2.45, 2.75) is 33.0 Å². The fourth-order valence-electron chi connectivity index (χ4n) is 3.56. The van der Waals surface area contributed by atoms with Crippen molar-refractivity contribution in [2.75, 3.05) is 13.3 Å². The zero-order valence-corrected chi connectivity index (χ0v) is 18.2. The van der Waals surface area contributed by atoms with Gasteiger partial charge in [0.15, 0.2) is 11.5 Å². The Balaban J connectivity index is 1.52. The molecule has 4 rings (SSSR count). The molecule has 0 saturated carbocycles. The van der Waals surface area contributed by atoms with Gasteiger partial charge >= 0.3 is 0 Å². The molecule has 1 aromatic heterocycles. The zero-order valence-electron chi connectivity index (χ0n) is 18.2. The highest BCUT2D eigenvalue weighted by atomic mass is 16.7. The molecule has 0 saturated heterocycles. The van der Waals surface area contributed by atoms with Crippen LogP contribution in [-0.2, 0) is 17.9 Å². The molecule has 0 N–H and O–H groups in total. The Morgan fingerprint density at radius 3 is 2.44 bits per heavy atom. The van der Waals surface area contributed by atoms with Gasteiger partial charge in [-0.1, -0.05) is 30.3 Å². The number of benzene rings is 2. The SMILES string of the molecule is CC(C)N(CC(=O)N(Cc1ccccc1)Cc1ccco1)C(=O)c1ccc2c(c1)OCO2. The zero-order chi connectivity index (χ0) is 22.5. The van der Waals surface area contributed by atoms with Crippen LogP contribution in [0.2, 0.25) is 0 Å². The average Bonchev–Trinajstić information content (AvgIpc) is 3.48. The Morgan fingerprint density at radius 1 is 0.938 bits per heavy atom. The van der Waals surface area contributed by atoms with E-state index < -0.39 is 0 Å². The first kappa shape index (κ1) is 21.5. The number of carbonyl (C=O) groups excluding carboxylic acids is 2. The highest BCUT2D eigenvalue weighted by Gasteiger charge is 2.26. The third kappa shape index (κ3) is 4.94. The highest BCUT2D eigenvalue weighted by molar-refractivity contribution is 5.97. The summed E-state index contributed by atoms with van der Waals surface area (Å²) in [5, 5.41) is 0. The molecule has 32 heavy (non-hydrogen) atoms. The quantitative estimate of drug-likeness (QED) is 0.534. The maximum absolute atomic E-state index is 13.4. The Bertz CT molecular complexity index is 1060. The minimum Gasteiger partial charge on any atom is -0.467 e. The van der Waals surface area contributed by atoms with E-state index in [0.717, 1.165) is 5.56 Å². The van der Waals surface area contributed by atoms with Crippen molar-refractivity contribution in [1.82, 2.24) is 9.80 Å². The van der Waals surface area contributed by atoms with Crippen LogP contribution in [0, 0.1) is 0 Å². The second-order valence-electron chi connectivity index (χ2n) is 7.91. The van der Waals surface area contributed by atoms with Crippen molar-refractivity contribution in [3.05, 3.63) is 83.8 Å². The van der Waals surface area contributed by atoms with Crippen LogP contribution in [0.5, 0.6) is 11.5 Å². The summed E-state index contributed by atoms with van der Waals surface area (Å²) in [6.45, 7) is 4.63. The highest BCUT2D eigenvalue weighted by Crippen LogP contribution is 2.33. The maximum atomic E-state index is 13.4. The van der Waals surface area contributed by atoms with Gasteiger partial charge < -0.3 is 23.7 Å². The van der Waals surface area contributed by atoms with Crippen LogP contribution >= 0.6 is 0 Å². The Kier molecular flexibility index (Phi) is 6.44. The van der Waals surface area contributed by atoms with Crippen LogP contribution in [0.15, 0.2) is 71.3 Å². The molecule has 7 heteroatoms. The van der Waals surface area contributed by atoms with Gasteiger partial charge in [0.2, 0.25) is 12.7 Å². The fraction of sp³-hybridized carbons (Fsp3) is 0.280. The largest absolute Gasteiger partial charge is 0.467 e. The number of rotatable bonds is 8. The molecule has 0 spiro atoms. The van der Waals surface area contributed by atoms with Gasteiger partial charge in [-0.15, -0.1) is 0 Å². The number of hydrogen-bond acceptors (Lipinski definition) is 5. The van der Waals surface area contributed by atoms with Crippen molar-refractivity contribution < 1.29 is 23.5 Å². The molecule has 0 radical (unpaired) electrons. The van der Waals surface area contributed by atoms with Gasteiger partial charge in [-0.05, 0) is 49.7 Å². The summed E-state index contributed by atoms with van der Waals surface area (Å²) in [5.41, 5.74) is 1.46. The van der Waals surface area contributed by atoms with E-state index in [4.69, 9.17) is 13.9 Å². The molecule has 2 amide bonds. The molecule has 166 valence electrons. The minimum atomic E-state index is -0.232. The number of fused-ring (bicyclic) bond motifs is 1. The van der Waals surface area contributed by atoms with Crippen LogP contribution in [0.25, 0.3) is 0 Å². The van der Waals surface area contributed by atoms with Crippen molar-refractivity contribution in [2.24, 2.45) is 0 Å². The molecule has 2 heterocycles. The predicted octanol–water partition coefficient (Wildman–Crippen LogP) is 4.09. The number of furan rings is 1. The second-order valence-corrected chi connectivity index (χ2v) is 7.91. The molecule has 0 atom stereocenters. The molecule has 0 bridgehead atoms. The van der Waals surface area contributed by atoms with Crippen LogP contribution < -0.4 is 9.47 Å². The summed E-state index contributed by atoms with van der Waals surface area (Å²) in [6, 6.07) is 18.3. The standard InChI is InChI=1S/C25H26N2O5/c1-18(2)27(25(29)20-10-11-22-23(13-20)32-17-31-22)16-24(28)26(15-21-9-6-12-30-21)14-19-7-4-3-5-8-19/h3-13,18H,14-17H2,1-2H3. The molecule has 1 aliphatic heterocycles. The van der Waals surface area contributed by atoms with Crippen LogP contribution in [0.1, 0.15) is 35.5 Å². The summed E-state index contributed by atoms with van der Waals surface area (Å²) in [7, 11) is 0. The lowest BCUT2D eigenvalue weighted by Crippen LogP contribution is -2.45. The molecule has 3 aromatic rings. The van der Waals surface area contributed by atoms with Gasteiger partial charge in [0, 0.05) is 18.2 Å². The molecule has 7 nitrogen and oxygen atoms in total. The van der Waals surface area contributed by atoms with Gasteiger partial charge in [-0.3, -0.25) is 9.59 Å². The number of amides is 2. The fourth-order valence-corrected chi connectivity index (χ4v) is 3.56. The van der Waals surface area contributed by atoms with E-state index >= 15 is 0 Å². The second kappa shape index (κ2) is 9.60. The first-order chi connectivity index (χ1) is 15.5. The summed E-state index contributed by atoms with van der Waals surface area (Å²) in [6.07, 6.45) is 1.59. The molecule has 1 aliphatic rings. The Hall–Kier alpha value is -3.74. The summed E-state index contributed by atoms with van der Waals surface area (Å²) < 4.78 is 16.2. The maximum Gasteiger partial charge on any atom is 0.254 e. The van der Waals surface area contributed by atoms with E-state index in [-0.39, 0.29) is 31.2 Å². The van der Waals surface area contributed by atoms with Crippen LogP contribution in [0.3, 0.4) is 0 Å². The number of carbonyl (C=O) groups is 2. The van der Waals surface area contributed by atoms with Crippen molar-refractivity contribution in [3.63, 3.8) is 0 Å². The lowest BCUT2D eigenvalue weighted by Gasteiger charge is -2.30. The third-order valence-corrected chi connectivity index (χ3v) is 5.31. The predicted molar refractivity (Wildman–Crippen MR) is 118 cm³/mol. The van der Waals surface area contributed by atoms with Crippen LogP contribution in [0.4, 0.5) is 0 Å². The summed E-state index contributed by atoms with van der Waals surface area (Å²) in [5.74, 6) is 1.44. The van der Waals surface area contributed by atoms with Crippen molar-refractivity contribution in [3.8, 4) is 11.5 Å². The molecule has 0 fully saturated rings. The normalized spacial score (nSPS) is 12.1. The Labute approximate surface area is 187 Å². The van der Waals surface area contributed by atoms with E-state index in [1.807, 2.05) is 50.2 Å². The van der Waals surface area contributed by atoms with Gasteiger partial charge in [-0.25, -0.2) is 0 Å². The van der Waals surface area contributed by atoms with E-state index in [2.05, 4.69) is 0 Å². The molecular weight excluding hydrogens is 408 g/mol. The Morgan fingerprint density at radius 2 is 1.72 bits per heavy atom. The van der Waals surface area contributed by atoms with Gasteiger partial charge in [0.1, 0.15) is 12.3 Å². The van der Waals surface area contributed by atoms with E-state index in [9.17, 15) is 9.59 Å². The lowest BCUT2D eigenvalue weighted by molar-refractivity contribution is -0.133. The number of hydrogen-bond donors (Lipinski definition) is 0. The number of nitrogens with zero attached hydrogens (tertiary/aromatic N) is 2. The molecule has 0 unspecified atom stereocenters. The molecule has 2 aromatic carbocycles. The molecule has 0 aliphatic carbocycles. The average molecular weight is 434 g/mol. The topological polar surface area (TPSA) is 72.2 Å². The first-order valence-electron chi connectivity index (χ1n) is 10.6. The van der Waals surface area contributed by atoms with E-state index in [1.165, 1.54) is 0 Å². The summed E-state index contributed by atoms with van der Waals surface area (Å²) >= 11 is 0. The van der Waals surface area contributed by atoms with Gasteiger partial charge in [-0.2, -0.15) is 0 Å². The number of ether oxygens (including phenoxy) is 2. The minimum absolute atomic E-state index is 0.0432. The van der Waals surface area contributed by atoms with Gasteiger partial charge in [0.05, 0.1) is 12.8 Å². The van der Waals surface area contributed by atoms with Crippen LogP contribution in [-0.4, -0.2) is 41.0 Å². The summed E-state index contributed by atoms with van der Waals surface area (Å²) in [4.78, 5) is 29.9. The monoisotopic (exact) mass is 434 g/mol.